The maximum Gasteiger partial charge on any atom is 0.164 e. The zero-order valence-electron chi connectivity index (χ0n) is 17.6. The van der Waals surface area contributed by atoms with E-state index in [0.29, 0.717) is 34.1 Å². The Morgan fingerprint density at radius 2 is 2.03 bits per heavy atom. The van der Waals surface area contributed by atoms with Crippen LogP contribution < -0.4 is 10.1 Å². The highest BCUT2D eigenvalue weighted by Crippen LogP contribution is 2.66. The van der Waals surface area contributed by atoms with Gasteiger partial charge in [-0.2, -0.15) is 0 Å². The smallest absolute Gasteiger partial charge is 0.164 e. The van der Waals surface area contributed by atoms with Gasteiger partial charge < -0.3 is 10.1 Å². The van der Waals surface area contributed by atoms with Gasteiger partial charge in [-0.3, -0.25) is 4.99 Å². The lowest BCUT2D eigenvalue weighted by atomic mass is 9.85. The second kappa shape index (κ2) is 7.33. The molecular weight excluding hydrogens is 439 g/mol. The molecule has 1 aromatic carbocycles. The summed E-state index contributed by atoms with van der Waals surface area (Å²) in [6.45, 7) is 2.99. The molecule has 2 aromatic heterocycles. The molecule has 6 nitrogen and oxygen atoms in total. The number of thioether (sulfide) groups is 1. The van der Waals surface area contributed by atoms with Crippen LogP contribution in [-0.2, 0) is 5.54 Å². The average Bonchev–Trinajstić information content (AvgIpc) is 3.51. The summed E-state index contributed by atoms with van der Waals surface area (Å²) in [7, 11) is 1.53. The molecule has 32 heavy (non-hydrogen) atoms. The van der Waals surface area contributed by atoms with Crippen LogP contribution in [0.3, 0.4) is 0 Å². The van der Waals surface area contributed by atoms with Crippen LogP contribution in [0.25, 0.3) is 11.0 Å². The summed E-state index contributed by atoms with van der Waals surface area (Å²) in [4.78, 5) is 17.4. The normalized spacial score (nSPS) is 26.4. The summed E-state index contributed by atoms with van der Waals surface area (Å²) in [5.41, 5.74) is 0.297. The number of aromatic nitrogens is 3. The van der Waals surface area contributed by atoms with Crippen LogP contribution in [0.2, 0.25) is 0 Å². The van der Waals surface area contributed by atoms with Gasteiger partial charge in [0.2, 0.25) is 0 Å². The van der Waals surface area contributed by atoms with E-state index < -0.39 is 28.6 Å². The van der Waals surface area contributed by atoms with E-state index in [9.17, 15) is 8.78 Å². The van der Waals surface area contributed by atoms with Crippen molar-refractivity contribution < 1.29 is 17.9 Å². The van der Waals surface area contributed by atoms with Crippen LogP contribution in [0.1, 0.15) is 25.8 Å². The van der Waals surface area contributed by atoms with E-state index >= 15 is 4.39 Å². The molecule has 0 spiro atoms. The number of rotatable bonds is 5. The van der Waals surface area contributed by atoms with E-state index in [1.807, 2.05) is 0 Å². The number of alkyl halides is 1. The van der Waals surface area contributed by atoms with Gasteiger partial charge >= 0.3 is 0 Å². The number of methoxy groups -OCH3 is 1. The molecule has 1 N–H and O–H groups in total. The van der Waals surface area contributed by atoms with Crippen molar-refractivity contribution in [2.45, 2.75) is 30.6 Å². The molecule has 3 aromatic rings. The molecule has 166 valence electrons. The SMILES string of the molecule is COc1cnc2c(Nc3cc(F)c(F)c([C@@]4(C)N=C(C)S[C@@]5(CF)C[C@H]54)c3)ncnc2c1. The minimum absolute atomic E-state index is 0.0907. The lowest BCUT2D eigenvalue weighted by Gasteiger charge is -2.34. The van der Waals surface area contributed by atoms with Crippen molar-refractivity contribution in [1.82, 2.24) is 15.0 Å². The quantitative estimate of drug-likeness (QED) is 0.568. The number of nitrogens with zero attached hydrogens (tertiary/aromatic N) is 4. The highest BCUT2D eigenvalue weighted by molar-refractivity contribution is 8.15. The predicted octanol–water partition coefficient (Wildman–Crippen LogP) is 5.16. The summed E-state index contributed by atoms with van der Waals surface area (Å²) in [6.07, 6.45) is 3.43. The van der Waals surface area contributed by atoms with E-state index in [-0.39, 0.29) is 17.2 Å². The molecule has 3 heterocycles. The number of hydrogen-bond donors (Lipinski definition) is 1. The molecule has 0 radical (unpaired) electrons. The highest BCUT2D eigenvalue weighted by atomic mass is 32.2. The second-order valence-electron chi connectivity index (χ2n) is 8.25. The van der Waals surface area contributed by atoms with Crippen molar-refractivity contribution in [2.75, 3.05) is 19.1 Å². The molecule has 10 heteroatoms. The zero-order valence-corrected chi connectivity index (χ0v) is 18.4. The maximum absolute atomic E-state index is 15.0. The summed E-state index contributed by atoms with van der Waals surface area (Å²) >= 11 is 1.39. The van der Waals surface area contributed by atoms with Crippen molar-refractivity contribution in [3.63, 3.8) is 0 Å². The van der Waals surface area contributed by atoms with Gasteiger partial charge in [-0.25, -0.2) is 28.1 Å². The fourth-order valence-corrected chi connectivity index (χ4v) is 6.05. The first-order chi connectivity index (χ1) is 15.3. The monoisotopic (exact) mass is 459 g/mol. The third-order valence-corrected chi connectivity index (χ3v) is 7.55. The van der Waals surface area contributed by atoms with Gasteiger partial charge in [0.1, 0.15) is 24.3 Å². The first kappa shape index (κ1) is 21.0. The Labute approximate surface area is 186 Å². The van der Waals surface area contributed by atoms with Gasteiger partial charge in [0, 0.05) is 29.3 Å². The molecule has 2 aliphatic rings. The largest absolute Gasteiger partial charge is 0.495 e. The number of aliphatic imine (C=N–C) groups is 1. The van der Waals surface area contributed by atoms with Gasteiger partial charge in [-0.1, -0.05) is 0 Å². The molecule has 0 amide bonds. The highest BCUT2D eigenvalue weighted by Gasteiger charge is 2.66. The molecule has 0 bridgehead atoms. The lowest BCUT2D eigenvalue weighted by molar-refractivity contribution is 0.357. The number of hydrogen-bond acceptors (Lipinski definition) is 7. The molecule has 5 rings (SSSR count). The lowest BCUT2D eigenvalue weighted by Crippen LogP contribution is -2.34. The van der Waals surface area contributed by atoms with Crippen molar-refractivity contribution in [1.29, 1.82) is 0 Å². The molecule has 1 aliphatic carbocycles. The van der Waals surface area contributed by atoms with E-state index in [0.717, 1.165) is 6.07 Å². The van der Waals surface area contributed by atoms with Gasteiger partial charge in [0.15, 0.2) is 17.5 Å². The van der Waals surface area contributed by atoms with Gasteiger partial charge in [-0.15, -0.1) is 11.8 Å². The van der Waals surface area contributed by atoms with Gasteiger partial charge in [0.25, 0.3) is 0 Å². The maximum atomic E-state index is 15.0. The third-order valence-electron chi connectivity index (χ3n) is 6.19. The van der Waals surface area contributed by atoms with Crippen LogP contribution in [0.5, 0.6) is 5.75 Å². The molecule has 0 saturated heterocycles. The number of halogens is 3. The molecule has 3 atom stereocenters. The number of ether oxygens (including phenoxy) is 1. The van der Waals surface area contributed by atoms with Crippen molar-refractivity contribution in [2.24, 2.45) is 10.9 Å². The van der Waals surface area contributed by atoms with Crippen LogP contribution >= 0.6 is 11.8 Å². The van der Waals surface area contributed by atoms with Crippen LogP contribution in [0.4, 0.5) is 24.7 Å². The van der Waals surface area contributed by atoms with E-state index in [1.54, 1.807) is 19.9 Å². The van der Waals surface area contributed by atoms with E-state index in [1.165, 1.54) is 37.5 Å². The van der Waals surface area contributed by atoms with Crippen LogP contribution in [0, 0.1) is 17.6 Å². The first-order valence-corrected chi connectivity index (χ1v) is 10.8. The summed E-state index contributed by atoms with van der Waals surface area (Å²) < 4.78 is 48.1. The molecule has 1 aliphatic heterocycles. The minimum Gasteiger partial charge on any atom is -0.495 e. The molecule has 1 saturated carbocycles. The summed E-state index contributed by atoms with van der Waals surface area (Å²) in [5, 5.41) is 3.69. The van der Waals surface area contributed by atoms with Crippen LogP contribution in [0.15, 0.2) is 35.7 Å². The number of fused-ring (bicyclic) bond motifs is 2. The summed E-state index contributed by atoms with van der Waals surface area (Å²) in [5.74, 6) is -1.34. The Morgan fingerprint density at radius 3 is 2.78 bits per heavy atom. The molecular formula is C22H20F3N5OS. The van der Waals surface area contributed by atoms with E-state index in [2.05, 4.69) is 25.3 Å². The number of anilines is 2. The Bertz CT molecular complexity index is 1270. The summed E-state index contributed by atoms with van der Waals surface area (Å²) in [6, 6.07) is 4.28. The van der Waals surface area contributed by atoms with Crippen molar-refractivity contribution in [3.8, 4) is 5.75 Å². The molecule has 0 unspecified atom stereocenters. The Hall–Kier alpha value is -2.88. The zero-order chi connectivity index (χ0) is 22.7. The average molecular weight is 459 g/mol. The van der Waals surface area contributed by atoms with Gasteiger partial charge in [-0.05, 0) is 26.3 Å². The standard InChI is InChI=1S/C22H20F3N5OS/c1-11-30-21(2,17-7-22(17,9-23)32-11)14-4-12(5-15(24)18(14)25)29-20-19-16(27-10-28-20)6-13(31-3)8-26-19/h4-6,8,10,17H,7,9H2,1-3H3,(H,27,28,29)/t17-,21+,22+/m0/s1. The number of pyridine rings is 1. The first-order valence-electron chi connectivity index (χ1n) is 10.0. The molecule has 1 fully saturated rings. The van der Waals surface area contributed by atoms with Crippen molar-refractivity contribution >= 4 is 39.3 Å². The Morgan fingerprint density at radius 1 is 1.22 bits per heavy atom. The topological polar surface area (TPSA) is 72.3 Å². The van der Waals surface area contributed by atoms with Gasteiger partial charge in [0.05, 0.1) is 34.2 Å². The Kier molecular flexibility index (Phi) is 4.81. The van der Waals surface area contributed by atoms with Crippen LogP contribution in [-0.4, -0.2) is 38.5 Å². The fraction of sp³-hybridized carbons (Fsp3) is 0.364. The number of benzene rings is 1. The minimum atomic E-state index is -1.07. The van der Waals surface area contributed by atoms with Crippen molar-refractivity contribution in [3.05, 3.63) is 47.9 Å². The Balaban J connectivity index is 1.57. The fourth-order valence-electron chi connectivity index (χ4n) is 4.55. The van der Waals surface area contributed by atoms with E-state index in [4.69, 9.17) is 4.74 Å². The second-order valence-corrected chi connectivity index (χ2v) is 9.85. The number of nitrogens with one attached hydrogen (secondary N) is 1. The predicted molar refractivity (Wildman–Crippen MR) is 118 cm³/mol. The third kappa shape index (κ3) is 3.19.